The molecule has 0 spiro atoms. The Labute approximate surface area is 132 Å². The molecule has 0 unspecified atom stereocenters. The third-order valence-corrected chi connectivity index (χ3v) is 3.21. The van der Waals surface area contributed by atoms with E-state index in [9.17, 15) is 15.3 Å². The van der Waals surface area contributed by atoms with Gasteiger partial charge in [-0.3, -0.25) is 15.1 Å². The third-order valence-electron chi connectivity index (χ3n) is 3.21. The van der Waals surface area contributed by atoms with Gasteiger partial charge in [0.1, 0.15) is 5.71 Å². The first kappa shape index (κ1) is 16.5. The smallest absolute Gasteiger partial charge is 0.277 e. The van der Waals surface area contributed by atoms with Crippen molar-refractivity contribution in [1.82, 2.24) is 4.98 Å². The fraction of sp³-hybridized carbons (Fsp3) is 0.200. The van der Waals surface area contributed by atoms with Crippen LogP contribution in [0.2, 0.25) is 0 Å². The lowest BCUT2D eigenvalue weighted by molar-refractivity contribution is -0.387. The molecule has 120 valence electrons. The van der Waals surface area contributed by atoms with Crippen LogP contribution in [0, 0.1) is 10.1 Å². The molecule has 1 N–H and O–H groups in total. The first-order chi connectivity index (χ1) is 11.1. The lowest BCUT2D eigenvalue weighted by Gasteiger charge is -2.15. The topological polar surface area (TPSA) is 107 Å². The lowest BCUT2D eigenvalue weighted by atomic mass is 10.0. The summed E-state index contributed by atoms with van der Waals surface area (Å²) >= 11 is 0. The first-order valence-electron chi connectivity index (χ1n) is 6.59. The summed E-state index contributed by atoms with van der Waals surface area (Å²) < 4.78 is 10.2. The number of nitrogens with zero attached hydrogens (tertiary/aromatic N) is 3. The number of hydrogen-bond acceptors (Lipinski definition) is 7. The maximum absolute atomic E-state index is 11.2. The van der Waals surface area contributed by atoms with E-state index in [2.05, 4.69) is 10.1 Å². The summed E-state index contributed by atoms with van der Waals surface area (Å²) in [5.41, 5.74) is 1.36. The van der Waals surface area contributed by atoms with E-state index < -0.39 is 11.2 Å². The number of nitro benzene ring substituents is 1. The Hall–Kier alpha value is -2.84. The van der Waals surface area contributed by atoms with Crippen LogP contribution in [-0.4, -0.2) is 35.0 Å². The van der Waals surface area contributed by atoms with Crippen molar-refractivity contribution in [2.45, 2.75) is 6.29 Å². The van der Waals surface area contributed by atoms with Gasteiger partial charge in [-0.05, 0) is 24.3 Å². The van der Waals surface area contributed by atoms with Crippen molar-refractivity contribution in [2.75, 3.05) is 14.2 Å². The van der Waals surface area contributed by atoms with E-state index in [1.54, 1.807) is 18.3 Å². The molecule has 0 radical (unpaired) electrons. The van der Waals surface area contributed by atoms with Crippen LogP contribution in [0.4, 0.5) is 5.69 Å². The molecule has 0 fully saturated rings. The van der Waals surface area contributed by atoms with E-state index >= 15 is 0 Å². The summed E-state index contributed by atoms with van der Waals surface area (Å²) in [6.07, 6.45) is 2.20. The Balaban J connectivity index is 2.56. The predicted octanol–water partition coefficient (Wildman–Crippen LogP) is 2.51. The van der Waals surface area contributed by atoms with Crippen molar-refractivity contribution in [3.8, 4) is 0 Å². The Morgan fingerprint density at radius 2 is 2.04 bits per heavy atom. The summed E-state index contributed by atoms with van der Waals surface area (Å²) in [6, 6.07) is 7.72. The summed E-state index contributed by atoms with van der Waals surface area (Å²) in [5, 5.41) is 23.8. The average Bonchev–Trinajstić information content (AvgIpc) is 2.58. The fourth-order valence-electron chi connectivity index (χ4n) is 2.19. The highest BCUT2D eigenvalue weighted by Gasteiger charge is 2.23. The van der Waals surface area contributed by atoms with Gasteiger partial charge < -0.3 is 14.7 Å². The molecular weight excluding hydrogens is 302 g/mol. The van der Waals surface area contributed by atoms with Crippen LogP contribution in [0.5, 0.6) is 0 Å². The van der Waals surface area contributed by atoms with Crippen LogP contribution in [0.3, 0.4) is 0 Å². The standard InChI is InChI=1S/C15H15N3O5/c1-22-15(23-2)12-8-10(5-6-13(12)18(20)21)14(17-19)11-4-3-7-16-9-11/h3-9,15,19H,1-2H3. The quantitative estimate of drug-likeness (QED) is 0.288. The fourth-order valence-corrected chi connectivity index (χ4v) is 2.19. The van der Waals surface area contributed by atoms with E-state index in [1.165, 1.54) is 38.6 Å². The monoisotopic (exact) mass is 317 g/mol. The number of oxime groups is 1. The summed E-state index contributed by atoms with van der Waals surface area (Å²) in [7, 11) is 2.76. The first-order valence-corrected chi connectivity index (χ1v) is 6.59. The second-order valence-corrected chi connectivity index (χ2v) is 4.52. The van der Waals surface area contributed by atoms with Crippen LogP contribution < -0.4 is 0 Å². The molecule has 1 heterocycles. The minimum atomic E-state index is -0.913. The predicted molar refractivity (Wildman–Crippen MR) is 81.5 cm³/mol. The van der Waals surface area contributed by atoms with Gasteiger partial charge >= 0.3 is 0 Å². The highest BCUT2D eigenvalue weighted by Crippen LogP contribution is 2.29. The maximum atomic E-state index is 11.2. The zero-order chi connectivity index (χ0) is 16.8. The Morgan fingerprint density at radius 1 is 1.30 bits per heavy atom. The largest absolute Gasteiger partial charge is 0.410 e. The van der Waals surface area contributed by atoms with Crippen LogP contribution in [0.25, 0.3) is 0 Å². The summed E-state index contributed by atoms with van der Waals surface area (Å²) in [5.74, 6) is 0. The van der Waals surface area contributed by atoms with Crippen molar-refractivity contribution in [3.63, 3.8) is 0 Å². The number of rotatable bonds is 6. The van der Waals surface area contributed by atoms with Gasteiger partial charge in [-0.1, -0.05) is 5.16 Å². The lowest BCUT2D eigenvalue weighted by Crippen LogP contribution is -2.10. The number of ether oxygens (including phenoxy) is 2. The number of nitro groups is 1. The molecule has 23 heavy (non-hydrogen) atoms. The number of methoxy groups -OCH3 is 2. The molecule has 0 aliphatic rings. The van der Waals surface area contributed by atoms with Crippen LogP contribution in [-0.2, 0) is 9.47 Å². The summed E-state index contributed by atoms with van der Waals surface area (Å²) in [6.45, 7) is 0. The van der Waals surface area contributed by atoms with Gasteiger partial charge in [0.25, 0.3) is 5.69 Å². The van der Waals surface area contributed by atoms with Crippen molar-refractivity contribution in [2.24, 2.45) is 5.16 Å². The van der Waals surface area contributed by atoms with Gasteiger partial charge in [-0.25, -0.2) is 0 Å². The van der Waals surface area contributed by atoms with Crippen LogP contribution >= 0.6 is 0 Å². The van der Waals surface area contributed by atoms with E-state index in [4.69, 9.17) is 9.47 Å². The van der Waals surface area contributed by atoms with Gasteiger partial charge in [0.2, 0.25) is 0 Å². The average molecular weight is 317 g/mol. The van der Waals surface area contributed by atoms with Gasteiger partial charge in [-0.15, -0.1) is 0 Å². The van der Waals surface area contributed by atoms with Crippen molar-refractivity contribution in [1.29, 1.82) is 0 Å². The van der Waals surface area contributed by atoms with Gasteiger partial charge in [0, 0.05) is 43.8 Å². The molecule has 1 aromatic heterocycles. The molecular formula is C15H15N3O5. The minimum absolute atomic E-state index is 0.147. The maximum Gasteiger partial charge on any atom is 0.277 e. The second-order valence-electron chi connectivity index (χ2n) is 4.52. The number of aromatic nitrogens is 1. The molecule has 2 rings (SSSR count). The molecule has 8 heteroatoms. The highest BCUT2D eigenvalue weighted by molar-refractivity contribution is 6.12. The number of benzene rings is 1. The number of hydrogen-bond donors (Lipinski definition) is 1. The molecule has 0 saturated carbocycles. The van der Waals surface area contributed by atoms with Crippen LogP contribution in [0.15, 0.2) is 47.9 Å². The van der Waals surface area contributed by atoms with Crippen molar-refractivity contribution in [3.05, 3.63) is 69.5 Å². The van der Waals surface area contributed by atoms with E-state index in [-0.39, 0.29) is 17.0 Å². The molecule has 0 bridgehead atoms. The minimum Gasteiger partial charge on any atom is -0.410 e. The van der Waals surface area contributed by atoms with Crippen molar-refractivity contribution >= 4 is 11.4 Å². The van der Waals surface area contributed by atoms with Gasteiger partial charge in [-0.2, -0.15) is 0 Å². The van der Waals surface area contributed by atoms with Crippen LogP contribution in [0.1, 0.15) is 23.0 Å². The molecule has 0 saturated heterocycles. The molecule has 0 aliphatic heterocycles. The van der Waals surface area contributed by atoms with E-state index in [1.807, 2.05) is 0 Å². The van der Waals surface area contributed by atoms with E-state index in [0.29, 0.717) is 11.1 Å². The summed E-state index contributed by atoms with van der Waals surface area (Å²) in [4.78, 5) is 14.6. The van der Waals surface area contributed by atoms with E-state index in [0.717, 1.165) is 0 Å². The third kappa shape index (κ3) is 3.50. The highest BCUT2D eigenvalue weighted by atomic mass is 16.7. The second kappa shape index (κ2) is 7.43. The SMILES string of the molecule is COC(OC)c1cc(C(=NO)c2cccnc2)ccc1[N+](=O)[O-]. The zero-order valence-corrected chi connectivity index (χ0v) is 12.5. The molecule has 0 aliphatic carbocycles. The Morgan fingerprint density at radius 3 is 2.57 bits per heavy atom. The van der Waals surface area contributed by atoms with Gasteiger partial charge in [0.15, 0.2) is 6.29 Å². The molecule has 0 amide bonds. The Kier molecular flexibility index (Phi) is 5.34. The molecule has 8 nitrogen and oxygen atoms in total. The van der Waals surface area contributed by atoms with Crippen molar-refractivity contribution < 1.29 is 19.6 Å². The number of pyridine rings is 1. The Bertz CT molecular complexity index is 714. The molecule has 1 aromatic carbocycles. The van der Waals surface area contributed by atoms with Gasteiger partial charge in [0.05, 0.1) is 10.5 Å². The zero-order valence-electron chi connectivity index (χ0n) is 12.5. The molecule has 2 aromatic rings. The molecule has 0 atom stereocenters. The normalized spacial score (nSPS) is 11.7.